The molecule has 5 heteroatoms. The first kappa shape index (κ1) is 13.1. The molecular weight excluding hydrogens is 240 g/mol. The highest BCUT2D eigenvalue weighted by Gasteiger charge is 2.17. The standard InChI is InChI=1S/C14H18N4O/c1-3-12(13-16-7-8-17-13)18-14(19)10-5-4-6-11(15)9(10)2/h4-8,12H,3,15H2,1-2H3,(H,16,17)(H,18,19). The number of aromatic amines is 1. The molecular formula is C14H18N4O. The van der Waals surface area contributed by atoms with Crippen LogP contribution in [0, 0.1) is 6.92 Å². The summed E-state index contributed by atoms with van der Waals surface area (Å²) >= 11 is 0. The third-order valence-electron chi connectivity index (χ3n) is 3.18. The Balaban J connectivity index is 2.18. The molecule has 0 fully saturated rings. The van der Waals surface area contributed by atoms with Gasteiger partial charge in [0.25, 0.3) is 5.91 Å². The number of nitrogens with one attached hydrogen (secondary N) is 2. The Bertz CT molecular complexity index is 563. The van der Waals surface area contributed by atoms with Crippen molar-refractivity contribution in [1.29, 1.82) is 0 Å². The van der Waals surface area contributed by atoms with Crippen LogP contribution < -0.4 is 11.1 Å². The Labute approximate surface area is 112 Å². The van der Waals surface area contributed by atoms with Crippen molar-refractivity contribution in [2.45, 2.75) is 26.3 Å². The van der Waals surface area contributed by atoms with Crippen molar-refractivity contribution < 1.29 is 4.79 Å². The van der Waals surface area contributed by atoms with E-state index >= 15 is 0 Å². The van der Waals surface area contributed by atoms with Gasteiger partial charge in [0.15, 0.2) is 0 Å². The van der Waals surface area contributed by atoms with Gasteiger partial charge < -0.3 is 16.0 Å². The first-order chi connectivity index (χ1) is 9.13. The fraction of sp³-hybridized carbons (Fsp3) is 0.286. The van der Waals surface area contributed by atoms with Gasteiger partial charge in [0, 0.05) is 23.6 Å². The van der Waals surface area contributed by atoms with Crippen LogP contribution in [0.25, 0.3) is 0 Å². The number of nitrogens with zero attached hydrogens (tertiary/aromatic N) is 1. The van der Waals surface area contributed by atoms with Gasteiger partial charge >= 0.3 is 0 Å². The average molecular weight is 258 g/mol. The number of carbonyl (C=O) groups excluding carboxylic acids is 1. The molecule has 0 aliphatic rings. The lowest BCUT2D eigenvalue weighted by Gasteiger charge is -2.16. The summed E-state index contributed by atoms with van der Waals surface area (Å²) in [5, 5.41) is 2.97. The number of benzene rings is 1. The first-order valence-corrected chi connectivity index (χ1v) is 6.28. The van der Waals surface area contributed by atoms with Crippen molar-refractivity contribution in [3.8, 4) is 0 Å². The molecule has 1 aromatic carbocycles. The number of hydrogen-bond acceptors (Lipinski definition) is 3. The minimum atomic E-state index is -0.131. The second-order valence-corrected chi connectivity index (χ2v) is 4.43. The number of nitrogens with two attached hydrogens (primary N) is 1. The van der Waals surface area contributed by atoms with Crippen LogP contribution in [-0.4, -0.2) is 15.9 Å². The van der Waals surface area contributed by atoms with E-state index in [2.05, 4.69) is 15.3 Å². The predicted molar refractivity (Wildman–Crippen MR) is 74.7 cm³/mol. The molecule has 1 unspecified atom stereocenters. The molecule has 0 aliphatic heterocycles. The quantitative estimate of drug-likeness (QED) is 0.735. The minimum Gasteiger partial charge on any atom is -0.398 e. The summed E-state index contributed by atoms with van der Waals surface area (Å²) in [5.41, 5.74) is 7.84. The Morgan fingerprint density at radius 2 is 2.32 bits per heavy atom. The van der Waals surface area contributed by atoms with Crippen LogP contribution in [-0.2, 0) is 0 Å². The second kappa shape index (κ2) is 5.56. The SMILES string of the molecule is CCC(NC(=O)c1cccc(N)c1C)c1ncc[nH]1. The van der Waals surface area contributed by atoms with E-state index in [9.17, 15) is 4.79 Å². The fourth-order valence-corrected chi connectivity index (χ4v) is 1.97. The monoisotopic (exact) mass is 258 g/mol. The van der Waals surface area contributed by atoms with Crippen LogP contribution in [0.15, 0.2) is 30.6 Å². The smallest absolute Gasteiger partial charge is 0.252 e. The fourth-order valence-electron chi connectivity index (χ4n) is 1.97. The zero-order valence-electron chi connectivity index (χ0n) is 11.1. The largest absolute Gasteiger partial charge is 0.398 e. The number of nitrogen functional groups attached to an aromatic ring is 1. The predicted octanol–water partition coefficient (Wildman–Crippen LogP) is 2.18. The van der Waals surface area contributed by atoms with E-state index in [0.717, 1.165) is 17.8 Å². The molecule has 0 spiro atoms. The van der Waals surface area contributed by atoms with Gasteiger partial charge in [-0.3, -0.25) is 4.79 Å². The zero-order valence-corrected chi connectivity index (χ0v) is 11.1. The molecule has 0 aliphatic carbocycles. The molecule has 1 heterocycles. The van der Waals surface area contributed by atoms with Crippen molar-refractivity contribution in [3.63, 3.8) is 0 Å². The van der Waals surface area contributed by atoms with Gasteiger partial charge in [-0.25, -0.2) is 4.98 Å². The number of hydrogen-bond donors (Lipinski definition) is 3. The highest BCUT2D eigenvalue weighted by atomic mass is 16.1. The number of rotatable bonds is 4. The van der Waals surface area contributed by atoms with E-state index in [1.165, 1.54) is 0 Å². The van der Waals surface area contributed by atoms with Crippen molar-refractivity contribution in [1.82, 2.24) is 15.3 Å². The Hall–Kier alpha value is -2.30. The molecule has 2 rings (SSSR count). The van der Waals surface area contributed by atoms with E-state index in [1.54, 1.807) is 30.6 Å². The molecule has 19 heavy (non-hydrogen) atoms. The summed E-state index contributed by atoms with van der Waals surface area (Å²) < 4.78 is 0. The topological polar surface area (TPSA) is 83.8 Å². The van der Waals surface area contributed by atoms with E-state index in [1.807, 2.05) is 13.8 Å². The van der Waals surface area contributed by atoms with Crippen molar-refractivity contribution >= 4 is 11.6 Å². The van der Waals surface area contributed by atoms with Gasteiger partial charge in [-0.1, -0.05) is 13.0 Å². The maximum absolute atomic E-state index is 12.3. The van der Waals surface area contributed by atoms with Crippen molar-refractivity contribution in [2.75, 3.05) is 5.73 Å². The summed E-state index contributed by atoms with van der Waals surface area (Å²) in [6, 6.07) is 5.22. The van der Waals surface area contributed by atoms with E-state index in [4.69, 9.17) is 5.73 Å². The number of carbonyl (C=O) groups is 1. The first-order valence-electron chi connectivity index (χ1n) is 6.28. The summed E-state index contributed by atoms with van der Waals surface area (Å²) in [4.78, 5) is 19.5. The highest BCUT2D eigenvalue weighted by molar-refractivity contribution is 5.97. The van der Waals surface area contributed by atoms with Gasteiger partial charge in [-0.2, -0.15) is 0 Å². The molecule has 4 N–H and O–H groups in total. The molecule has 0 bridgehead atoms. The van der Waals surface area contributed by atoms with Gasteiger partial charge in [0.05, 0.1) is 6.04 Å². The molecule has 2 aromatic rings. The summed E-state index contributed by atoms with van der Waals surface area (Å²) in [6.45, 7) is 3.85. The van der Waals surface area contributed by atoms with Gasteiger partial charge in [-0.05, 0) is 31.0 Å². The lowest BCUT2D eigenvalue weighted by Crippen LogP contribution is -2.29. The van der Waals surface area contributed by atoms with Crippen LogP contribution in [0.4, 0.5) is 5.69 Å². The summed E-state index contributed by atoms with van der Waals surface area (Å²) in [6.07, 6.45) is 4.19. The minimum absolute atomic E-state index is 0.122. The Morgan fingerprint density at radius 1 is 1.53 bits per heavy atom. The van der Waals surface area contributed by atoms with Gasteiger partial charge in [-0.15, -0.1) is 0 Å². The highest BCUT2D eigenvalue weighted by Crippen LogP contribution is 2.18. The molecule has 0 saturated heterocycles. The molecule has 100 valence electrons. The normalized spacial score (nSPS) is 12.1. The third-order valence-corrected chi connectivity index (χ3v) is 3.18. The number of anilines is 1. The summed E-state index contributed by atoms with van der Waals surface area (Å²) in [7, 11) is 0. The zero-order chi connectivity index (χ0) is 13.8. The maximum Gasteiger partial charge on any atom is 0.252 e. The molecule has 1 aromatic heterocycles. The molecule has 1 atom stereocenters. The average Bonchev–Trinajstić information content (AvgIpc) is 2.92. The second-order valence-electron chi connectivity index (χ2n) is 4.43. The lowest BCUT2D eigenvalue weighted by molar-refractivity contribution is 0.0933. The van der Waals surface area contributed by atoms with Crippen LogP contribution >= 0.6 is 0 Å². The van der Waals surface area contributed by atoms with E-state index in [0.29, 0.717) is 11.3 Å². The van der Waals surface area contributed by atoms with E-state index < -0.39 is 0 Å². The van der Waals surface area contributed by atoms with Crippen LogP contribution in [0.3, 0.4) is 0 Å². The Morgan fingerprint density at radius 3 is 2.95 bits per heavy atom. The molecule has 0 radical (unpaired) electrons. The molecule has 0 saturated carbocycles. The number of aromatic nitrogens is 2. The van der Waals surface area contributed by atoms with Crippen LogP contribution in [0.5, 0.6) is 0 Å². The number of H-pyrrole nitrogens is 1. The summed E-state index contributed by atoms with van der Waals surface area (Å²) in [5.74, 6) is 0.630. The molecule has 1 amide bonds. The number of imidazole rings is 1. The lowest BCUT2D eigenvalue weighted by atomic mass is 10.1. The van der Waals surface area contributed by atoms with Crippen molar-refractivity contribution in [3.05, 3.63) is 47.5 Å². The van der Waals surface area contributed by atoms with Crippen molar-refractivity contribution in [2.24, 2.45) is 0 Å². The number of amides is 1. The van der Waals surface area contributed by atoms with Crippen LogP contribution in [0.1, 0.15) is 41.1 Å². The van der Waals surface area contributed by atoms with Crippen LogP contribution in [0.2, 0.25) is 0 Å². The maximum atomic E-state index is 12.3. The van der Waals surface area contributed by atoms with Gasteiger partial charge in [0.1, 0.15) is 5.82 Å². The Kier molecular flexibility index (Phi) is 3.85. The third kappa shape index (κ3) is 2.76. The van der Waals surface area contributed by atoms with E-state index in [-0.39, 0.29) is 11.9 Å². The molecule has 5 nitrogen and oxygen atoms in total. The van der Waals surface area contributed by atoms with Gasteiger partial charge in [0.2, 0.25) is 0 Å².